The molecule has 1 saturated heterocycles. The summed E-state index contributed by atoms with van der Waals surface area (Å²) in [7, 11) is 0. The molecule has 0 unspecified atom stereocenters. The SMILES string of the molecule is Cc1csc([C@@H]2CCCN(C(=O)Cc3cccc(F)c3)C2)n1. The van der Waals surface area contributed by atoms with E-state index >= 15 is 0 Å². The first-order chi connectivity index (χ1) is 10.6. The molecule has 1 aromatic carbocycles. The lowest BCUT2D eigenvalue weighted by Gasteiger charge is -2.32. The fraction of sp³-hybridized carbons (Fsp3) is 0.412. The first-order valence-corrected chi connectivity index (χ1v) is 8.44. The lowest BCUT2D eigenvalue weighted by atomic mass is 9.98. The van der Waals surface area contributed by atoms with Gasteiger partial charge in [0, 0.05) is 30.1 Å². The van der Waals surface area contributed by atoms with E-state index in [0.717, 1.165) is 42.2 Å². The van der Waals surface area contributed by atoms with Crippen LogP contribution in [-0.4, -0.2) is 28.9 Å². The fourth-order valence-electron chi connectivity index (χ4n) is 2.90. The topological polar surface area (TPSA) is 33.2 Å². The van der Waals surface area contributed by atoms with Gasteiger partial charge in [-0.3, -0.25) is 4.79 Å². The molecule has 1 amide bonds. The van der Waals surface area contributed by atoms with Crippen LogP contribution in [0.3, 0.4) is 0 Å². The Morgan fingerprint density at radius 1 is 1.50 bits per heavy atom. The van der Waals surface area contributed by atoms with Crippen LogP contribution in [0.5, 0.6) is 0 Å². The molecule has 0 saturated carbocycles. The number of carbonyl (C=O) groups excluding carboxylic acids is 1. The van der Waals surface area contributed by atoms with Gasteiger partial charge in [0.05, 0.1) is 11.4 Å². The molecular formula is C17H19FN2OS. The predicted octanol–water partition coefficient (Wildman–Crippen LogP) is 3.54. The average molecular weight is 318 g/mol. The van der Waals surface area contributed by atoms with Crippen molar-refractivity contribution in [2.24, 2.45) is 0 Å². The normalized spacial score (nSPS) is 18.5. The molecule has 5 heteroatoms. The molecule has 0 aliphatic carbocycles. The van der Waals surface area contributed by atoms with Gasteiger partial charge in [0.1, 0.15) is 5.82 Å². The van der Waals surface area contributed by atoms with Crippen LogP contribution in [0.2, 0.25) is 0 Å². The van der Waals surface area contributed by atoms with Gasteiger partial charge in [-0.05, 0) is 37.5 Å². The number of benzene rings is 1. The summed E-state index contributed by atoms with van der Waals surface area (Å²) in [4.78, 5) is 18.9. The van der Waals surface area contributed by atoms with Crippen molar-refractivity contribution in [2.45, 2.75) is 32.1 Å². The van der Waals surface area contributed by atoms with E-state index in [2.05, 4.69) is 10.4 Å². The zero-order valence-electron chi connectivity index (χ0n) is 12.6. The Bertz CT molecular complexity index is 670. The lowest BCUT2D eigenvalue weighted by Crippen LogP contribution is -2.39. The van der Waals surface area contributed by atoms with E-state index in [1.54, 1.807) is 23.5 Å². The first kappa shape index (κ1) is 15.2. The highest BCUT2D eigenvalue weighted by Gasteiger charge is 2.26. The number of amides is 1. The summed E-state index contributed by atoms with van der Waals surface area (Å²) >= 11 is 1.68. The highest BCUT2D eigenvalue weighted by atomic mass is 32.1. The minimum Gasteiger partial charge on any atom is -0.342 e. The lowest BCUT2D eigenvalue weighted by molar-refractivity contribution is -0.131. The van der Waals surface area contributed by atoms with E-state index in [9.17, 15) is 9.18 Å². The number of halogens is 1. The molecule has 1 aromatic heterocycles. The molecule has 116 valence electrons. The third-order valence-electron chi connectivity index (χ3n) is 4.00. The summed E-state index contributed by atoms with van der Waals surface area (Å²) < 4.78 is 13.2. The van der Waals surface area contributed by atoms with Crippen LogP contribution < -0.4 is 0 Å². The number of likely N-dealkylation sites (tertiary alicyclic amines) is 1. The van der Waals surface area contributed by atoms with Gasteiger partial charge in [-0.25, -0.2) is 9.37 Å². The van der Waals surface area contributed by atoms with Crippen molar-refractivity contribution in [3.05, 3.63) is 51.7 Å². The van der Waals surface area contributed by atoms with Gasteiger partial charge in [-0.2, -0.15) is 0 Å². The third kappa shape index (κ3) is 3.53. The molecule has 2 aromatic rings. The molecule has 1 aliphatic rings. The Hall–Kier alpha value is -1.75. The zero-order chi connectivity index (χ0) is 15.5. The summed E-state index contributed by atoms with van der Waals surface area (Å²) in [6.07, 6.45) is 2.34. The number of nitrogens with zero attached hydrogens (tertiary/aromatic N) is 2. The van der Waals surface area contributed by atoms with Crippen LogP contribution in [0.25, 0.3) is 0 Å². The van der Waals surface area contributed by atoms with E-state index in [1.807, 2.05) is 11.8 Å². The number of aryl methyl sites for hydroxylation is 1. The molecule has 2 heterocycles. The third-order valence-corrected chi connectivity index (χ3v) is 5.13. The van der Waals surface area contributed by atoms with Crippen molar-refractivity contribution < 1.29 is 9.18 Å². The van der Waals surface area contributed by atoms with E-state index < -0.39 is 0 Å². The summed E-state index contributed by atoms with van der Waals surface area (Å²) in [5.41, 5.74) is 1.78. The molecule has 1 fully saturated rings. The molecule has 0 spiro atoms. The van der Waals surface area contributed by atoms with Crippen LogP contribution in [-0.2, 0) is 11.2 Å². The van der Waals surface area contributed by atoms with Gasteiger partial charge in [0.25, 0.3) is 0 Å². The number of aromatic nitrogens is 1. The van der Waals surface area contributed by atoms with Crippen LogP contribution in [0, 0.1) is 12.7 Å². The van der Waals surface area contributed by atoms with Crippen molar-refractivity contribution in [1.29, 1.82) is 0 Å². The number of carbonyl (C=O) groups is 1. The smallest absolute Gasteiger partial charge is 0.227 e. The van der Waals surface area contributed by atoms with E-state index in [1.165, 1.54) is 12.1 Å². The Balaban J connectivity index is 1.65. The van der Waals surface area contributed by atoms with Gasteiger partial charge >= 0.3 is 0 Å². The summed E-state index contributed by atoms with van der Waals surface area (Å²) in [6, 6.07) is 6.28. The zero-order valence-corrected chi connectivity index (χ0v) is 13.4. The van der Waals surface area contributed by atoms with Crippen molar-refractivity contribution in [3.63, 3.8) is 0 Å². The summed E-state index contributed by atoms with van der Waals surface area (Å²) in [5, 5.41) is 3.18. The van der Waals surface area contributed by atoms with Crippen LogP contribution in [0.15, 0.2) is 29.6 Å². The largest absolute Gasteiger partial charge is 0.342 e. The molecule has 0 bridgehead atoms. The Kier molecular flexibility index (Phi) is 4.52. The highest BCUT2D eigenvalue weighted by molar-refractivity contribution is 7.09. The number of hydrogen-bond acceptors (Lipinski definition) is 3. The van der Waals surface area contributed by atoms with Crippen molar-refractivity contribution in [2.75, 3.05) is 13.1 Å². The predicted molar refractivity (Wildman–Crippen MR) is 85.5 cm³/mol. The van der Waals surface area contributed by atoms with Gasteiger partial charge < -0.3 is 4.90 Å². The second kappa shape index (κ2) is 6.57. The first-order valence-electron chi connectivity index (χ1n) is 7.56. The molecule has 3 nitrogen and oxygen atoms in total. The molecule has 1 aliphatic heterocycles. The Morgan fingerprint density at radius 2 is 2.36 bits per heavy atom. The summed E-state index contributed by atoms with van der Waals surface area (Å²) in [6.45, 7) is 3.51. The fourth-order valence-corrected chi connectivity index (χ4v) is 3.82. The summed E-state index contributed by atoms with van der Waals surface area (Å²) in [5.74, 6) is 0.118. The van der Waals surface area contributed by atoms with Crippen molar-refractivity contribution >= 4 is 17.2 Å². The number of rotatable bonds is 3. The van der Waals surface area contributed by atoms with Crippen LogP contribution in [0.1, 0.15) is 35.0 Å². The molecule has 22 heavy (non-hydrogen) atoms. The molecule has 0 radical (unpaired) electrons. The number of piperidine rings is 1. The van der Waals surface area contributed by atoms with Gasteiger partial charge in [0.2, 0.25) is 5.91 Å². The molecule has 3 rings (SSSR count). The van der Waals surface area contributed by atoms with Gasteiger partial charge in [-0.1, -0.05) is 12.1 Å². The molecule has 0 N–H and O–H groups in total. The minimum atomic E-state index is -0.292. The van der Waals surface area contributed by atoms with Crippen LogP contribution in [0.4, 0.5) is 4.39 Å². The quantitative estimate of drug-likeness (QED) is 0.867. The van der Waals surface area contributed by atoms with Gasteiger partial charge in [0.15, 0.2) is 0 Å². The second-order valence-corrected chi connectivity index (χ2v) is 6.70. The second-order valence-electron chi connectivity index (χ2n) is 5.81. The minimum absolute atomic E-state index is 0.0728. The van der Waals surface area contributed by atoms with Crippen LogP contribution >= 0.6 is 11.3 Å². The van der Waals surface area contributed by atoms with Crippen molar-refractivity contribution in [3.8, 4) is 0 Å². The molecular weight excluding hydrogens is 299 g/mol. The van der Waals surface area contributed by atoms with E-state index in [4.69, 9.17) is 0 Å². The highest BCUT2D eigenvalue weighted by Crippen LogP contribution is 2.29. The van der Waals surface area contributed by atoms with E-state index in [-0.39, 0.29) is 18.1 Å². The van der Waals surface area contributed by atoms with Gasteiger partial charge in [-0.15, -0.1) is 11.3 Å². The monoisotopic (exact) mass is 318 g/mol. The van der Waals surface area contributed by atoms with E-state index in [0.29, 0.717) is 5.92 Å². The average Bonchev–Trinajstić information content (AvgIpc) is 2.94. The molecule has 1 atom stereocenters. The number of thiazole rings is 1. The maximum Gasteiger partial charge on any atom is 0.227 e. The standard InChI is InChI=1S/C17H19FN2OS/c1-12-11-22-17(19-12)14-5-3-7-20(10-14)16(21)9-13-4-2-6-15(18)8-13/h2,4,6,8,11,14H,3,5,7,9-10H2,1H3/t14-/m1/s1. The number of hydrogen-bond donors (Lipinski definition) is 0. The maximum atomic E-state index is 13.2. The Morgan fingerprint density at radius 3 is 3.09 bits per heavy atom. The maximum absolute atomic E-state index is 13.2. The Labute approximate surface area is 133 Å². The van der Waals surface area contributed by atoms with Crippen molar-refractivity contribution in [1.82, 2.24) is 9.88 Å².